The van der Waals surface area contributed by atoms with Crippen LogP contribution in [-0.4, -0.2) is 34.9 Å². The lowest BCUT2D eigenvalue weighted by Crippen LogP contribution is -2.47. The third kappa shape index (κ3) is 3.82. The van der Waals surface area contributed by atoms with Crippen molar-refractivity contribution in [2.24, 2.45) is 0 Å². The van der Waals surface area contributed by atoms with Gasteiger partial charge in [0.25, 0.3) is 0 Å². The summed E-state index contributed by atoms with van der Waals surface area (Å²) in [4.78, 5) is 10.8. The standard InChI is InChI=1S/C14H21NO3/c1-13(2,11-7-5-4-6-8-11)9-15-10-14(3,18)12(16)17/h4-8,15,18H,9-10H2,1-3H3,(H,16,17). The highest BCUT2D eigenvalue weighted by molar-refractivity contribution is 5.76. The minimum Gasteiger partial charge on any atom is -0.479 e. The van der Waals surface area contributed by atoms with E-state index in [0.29, 0.717) is 6.54 Å². The average Bonchev–Trinajstić information content (AvgIpc) is 2.29. The van der Waals surface area contributed by atoms with Gasteiger partial charge in [-0.25, -0.2) is 4.79 Å². The Morgan fingerprint density at radius 3 is 2.22 bits per heavy atom. The molecule has 1 aromatic rings. The number of nitrogens with one attached hydrogen (secondary N) is 1. The highest BCUT2D eigenvalue weighted by Crippen LogP contribution is 2.21. The molecule has 0 saturated heterocycles. The summed E-state index contributed by atoms with van der Waals surface area (Å²) in [5, 5.41) is 21.4. The number of hydrogen-bond donors (Lipinski definition) is 3. The first-order chi connectivity index (χ1) is 8.26. The Morgan fingerprint density at radius 1 is 1.17 bits per heavy atom. The molecule has 0 fully saturated rings. The van der Waals surface area contributed by atoms with Crippen molar-refractivity contribution in [3.63, 3.8) is 0 Å². The monoisotopic (exact) mass is 251 g/mol. The van der Waals surface area contributed by atoms with E-state index in [1.807, 2.05) is 30.3 Å². The fourth-order valence-electron chi connectivity index (χ4n) is 1.69. The maximum absolute atomic E-state index is 10.8. The normalized spacial score (nSPS) is 15.1. The smallest absolute Gasteiger partial charge is 0.336 e. The molecule has 0 spiro atoms. The summed E-state index contributed by atoms with van der Waals surface area (Å²) in [5.41, 5.74) is -0.671. The van der Waals surface area contributed by atoms with E-state index in [9.17, 15) is 9.90 Å². The van der Waals surface area contributed by atoms with Crippen molar-refractivity contribution in [1.82, 2.24) is 5.32 Å². The molecule has 0 aliphatic rings. The Labute approximate surface area is 108 Å². The molecule has 0 aliphatic carbocycles. The predicted molar refractivity (Wildman–Crippen MR) is 70.6 cm³/mol. The van der Waals surface area contributed by atoms with Crippen molar-refractivity contribution in [1.29, 1.82) is 0 Å². The summed E-state index contributed by atoms with van der Waals surface area (Å²) in [6.45, 7) is 6.06. The first-order valence-corrected chi connectivity index (χ1v) is 5.98. The number of carboxylic acid groups (broad SMARTS) is 1. The van der Waals surface area contributed by atoms with Gasteiger partial charge in [0.15, 0.2) is 5.60 Å². The van der Waals surface area contributed by atoms with E-state index >= 15 is 0 Å². The number of aliphatic hydroxyl groups is 1. The first-order valence-electron chi connectivity index (χ1n) is 5.98. The fraction of sp³-hybridized carbons (Fsp3) is 0.500. The van der Waals surface area contributed by atoms with Crippen LogP contribution in [0.5, 0.6) is 0 Å². The molecule has 4 nitrogen and oxygen atoms in total. The lowest BCUT2D eigenvalue weighted by molar-refractivity contribution is -0.156. The molecule has 0 heterocycles. The van der Waals surface area contributed by atoms with Crippen LogP contribution in [0.1, 0.15) is 26.3 Å². The SMILES string of the molecule is CC(O)(CNCC(C)(C)c1ccccc1)C(=O)O. The minimum atomic E-state index is -1.73. The van der Waals surface area contributed by atoms with Crippen LogP contribution in [0.15, 0.2) is 30.3 Å². The van der Waals surface area contributed by atoms with Gasteiger partial charge in [-0.3, -0.25) is 0 Å². The summed E-state index contributed by atoms with van der Waals surface area (Å²) >= 11 is 0. The van der Waals surface area contributed by atoms with Crippen LogP contribution in [0.4, 0.5) is 0 Å². The van der Waals surface area contributed by atoms with Gasteiger partial charge in [-0.2, -0.15) is 0 Å². The maximum Gasteiger partial charge on any atom is 0.336 e. The van der Waals surface area contributed by atoms with Crippen molar-refractivity contribution in [2.45, 2.75) is 31.8 Å². The molecular weight excluding hydrogens is 230 g/mol. The Balaban J connectivity index is 2.56. The van der Waals surface area contributed by atoms with Crippen molar-refractivity contribution in [2.75, 3.05) is 13.1 Å². The fourth-order valence-corrected chi connectivity index (χ4v) is 1.69. The van der Waals surface area contributed by atoms with Crippen molar-refractivity contribution < 1.29 is 15.0 Å². The second kappa shape index (κ2) is 5.50. The Morgan fingerprint density at radius 2 is 1.72 bits per heavy atom. The van der Waals surface area contributed by atoms with Gasteiger partial charge in [-0.15, -0.1) is 0 Å². The zero-order valence-electron chi connectivity index (χ0n) is 11.1. The molecule has 0 radical (unpaired) electrons. The van der Waals surface area contributed by atoms with E-state index in [4.69, 9.17) is 5.11 Å². The van der Waals surface area contributed by atoms with Gasteiger partial charge in [-0.1, -0.05) is 44.2 Å². The molecule has 18 heavy (non-hydrogen) atoms. The van der Waals surface area contributed by atoms with Gasteiger partial charge in [0.05, 0.1) is 0 Å². The van der Waals surface area contributed by atoms with Crippen LogP contribution in [0.2, 0.25) is 0 Å². The molecule has 1 rings (SSSR count). The molecule has 0 aliphatic heterocycles. The second-order valence-corrected chi connectivity index (χ2v) is 5.43. The molecule has 3 N–H and O–H groups in total. The summed E-state index contributed by atoms with van der Waals surface area (Å²) in [6.07, 6.45) is 0. The van der Waals surface area contributed by atoms with Crippen molar-refractivity contribution >= 4 is 5.97 Å². The van der Waals surface area contributed by atoms with Crippen LogP contribution in [0.3, 0.4) is 0 Å². The number of carbonyl (C=O) groups is 1. The number of rotatable bonds is 6. The molecule has 1 aromatic carbocycles. The number of hydrogen-bond acceptors (Lipinski definition) is 3. The Hall–Kier alpha value is -1.39. The van der Waals surface area contributed by atoms with Gasteiger partial charge < -0.3 is 15.5 Å². The number of benzene rings is 1. The van der Waals surface area contributed by atoms with Crippen molar-refractivity contribution in [3.05, 3.63) is 35.9 Å². The van der Waals surface area contributed by atoms with E-state index in [2.05, 4.69) is 19.2 Å². The van der Waals surface area contributed by atoms with Gasteiger partial charge in [0.2, 0.25) is 0 Å². The molecule has 0 bridgehead atoms. The molecule has 1 unspecified atom stereocenters. The van der Waals surface area contributed by atoms with Crippen LogP contribution in [-0.2, 0) is 10.2 Å². The van der Waals surface area contributed by atoms with E-state index in [1.165, 1.54) is 12.5 Å². The van der Waals surface area contributed by atoms with Crippen LogP contribution in [0, 0.1) is 0 Å². The summed E-state index contributed by atoms with van der Waals surface area (Å²) in [6, 6.07) is 9.99. The highest BCUT2D eigenvalue weighted by atomic mass is 16.4. The highest BCUT2D eigenvalue weighted by Gasteiger charge is 2.30. The van der Waals surface area contributed by atoms with E-state index in [0.717, 1.165) is 0 Å². The lowest BCUT2D eigenvalue weighted by Gasteiger charge is -2.27. The van der Waals surface area contributed by atoms with Gasteiger partial charge in [-0.05, 0) is 12.5 Å². The summed E-state index contributed by atoms with van der Waals surface area (Å²) < 4.78 is 0. The van der Waals surface area contributed by atoms with Crippen LogP contribution in [0.25, 0.3) is 0 Å². The molecule has 0 amide bonds. The average molecular weight is 251 g/mol. The molecule has 4 heteroatoms. The quantitative estimate of drug-likeness (QED) is 0.714. The molecule has 100 valence electrons. The molecule has 1 atom stereocenters. The van der Waals surface area contributed by atoms with Crippen LogP contribution < -0.4 is 5.32 Å². The maximum atomic E-state index is 10.8. The van der Waals surface area contributed by atoms with Crippen LogP contribution >= 0.6 is 0 Å². The second-order valence-electron chi connectivity index (χ2n) is 5.43. The zero-order chi connectivity index (χ0) is 13.8. The third-order valence-electron chi connectivity index (χ3n) is 3.05. The summed E-state index contributed by atoms with van der Waals surface area (Å²) in [5.74, 6) is -1.22. The minimum absolute atomic E-state index is 0.0264. The number of carboxylic acids is 1. The number of aliphatic carboxylic acids is 1. The van der Waals surface area contributed by atoms with E-state index < -0.39 is 11.6 Å². The lowest BCUT2D eigenvalue weighted by atomic mass is 9.84. The Kier molecular flexibility index (Phi) is 4.48. The molecule has 0 aromatic heterocycles. The summed E-state index contributed by atoms with van der Waals surface area (Å²) in [7, 11) is 0. The van der Waals surface area contributed by atoms with Gasteiger partial charge in [0.1, 0.15) is 0 Å². The largest absolute Gasteiger partial charge is 0.479 e. The van der Waals surface area contributed by atoms with E-state index in [1.54, 1.807) is 0 Å². The molecular formula is C14H21NO3. The topological polar surface area (TPSA) is 69.6 Å². The molecule has 0 saturated carbocycles. The first kappa shape index (κ1) is 14.7. The van der Waals surface area contributed by atoms with E-state index in [-0.39, 0.29) is 12.0 Å². The van der Waals surface area contributed by atoms with Crippen molar-refractivity contribution in [3.8, 4) is 0 Å². The van der Waals surface area contributed by atoms with Gasteiger partial charge >= 0.3 is 5.97 Å². The predicted octanol–water partition coefficient (Wildman–Crippen LogP) is 1.39. The Bertz CT molecular complexity index is 399. The third-order valence-corrected chi connectivity index (χ3v) is 3.05. The zero-order valence-corrected chi connectivity index (χ0v) is 11.1. The van der Waals surface area contributed by atoms with Gasteiger partial charge in [0, 0.05) is 18.5 Å².